The maximum Gasteiger partial charge on any atom is 0.273 e. The number of hydrogen-bond donors (Lipinski definition) is 0. The number of carbonyl (C=O) groups is 1. The van der Waals surface area contributed by atoms with Crippen LogP contribution in [0.5, 0.6) is 5.75 Å². The number of ether oxygens (including phenoxy) is 1. The smallest absolute Gasteiger partial charge is 0.273 e. The first kappa shape index (κ1) is 17.2. The molecule has 0 aliphatic carbocycles. The number of non-ortho nitro benzene ring substituents is 1. The van der Waals surface area contributed by atoms with Crippen LogP contribution in [0.1, 0.15) is 19.4 Å². The number of amides is 1. The highest BCUT2D eigenvalue weighted by atomic mass is 35.5. The Kier molecular flexibility index (Phi) is 4.63. The first-order valence-electron chi connectivity index (χ1n) is 7.88. The van der Waals surface area contributed by atoms with Crippen LogP contribution in [0.2, 0.25) is 5.02 Å². The van der Waals surface area contributed by atoms with Crippen molar-refractivity contribution < 1.29 is 14.5 Å². The Balaban J connectivity index is 2.05. The minimum atomic E-state index is -0.697. The van der Waals surface area contributed by atoms with E-state index < -0.39 is 11.0 Å². The van der Waals surface area contributed by atoms with Gasteiger partial charge in [-0.3, -0.25) is 14.9 Å². The Hall–Kier alpha value is -2.60. The molecule has 25 heavy (non-hydrogen) atoms. The van der Waals surface area contributed by atoms with E-state index >= 15 is 0 Å². The molecule has 1 amide bonds. The number of rotatable bonds is 4. The average Bonchev–Trinajstić information content (AvgIpc) is 2.58. The van der Waals surface area contributed by atoms with Gasteiger partial charge in [0.05, 0.1) is 23.2 Å². The van der Waals surface area contributed by atoms with E-state index in [1.165, 1.54) is 12.1 Å². The largest absolute Gasteiger partial charge is 0.478 e. The topological polar surface area (TPSA) is 72.7 Å². The number of carbonyl (C=O) groups excluding carboxylic acids is 1. The van der Waals surface area contributed by atoms with Gasteiger partial charge in [-0.05, 0) is 23.6 Å². The lowest BCUT2D eigenvalue weighted by Gasteiger charge is -2.36. The van der Waals surface area contributed by atoms with E-state index in [4.69, 9.17) is 16.3 Å². The van der Waals surface area contributed by atoms with Crippen LogP contribution >= 0.6 is 11.6 Å². The Morgan fingerprint density at radius 1 is 1.28 bits per heavy atom. The lowest BCUT2D eigenvalue weighted by atomic mass is 10.0. The Bertz CT molecular complexity index is 838. The van der Waals surface area contributed by atoms with Gasteiger partial charge in [0, 0.05) is 11.1 Å². The number of anilines is 1. The molecule has 0 radical (unpaired) electrons. The molecule has 0 fully saturated rings. The second-order valence-electron chi connectivity index (χ2n) is 6.21. The Labute approximate surface area is 150 Å². The molecule has 1 unspecified atom stereocenters. The molecule has 1 aliphatic heterocycles. The van der Waals surface area contributed by atoms with Gasteiger partial charge < -0.3 is 9.64 Å². The summed E-state index contributed by atoms with van der Waals surface area (Å²) in [7, 11) is 0. The van der Waals surface area contributed by atoms with Gasteiger partial charge in [0.1, 0.15) is 0 Å². The third-order valence-corrected chi connectivity index (χ3v) is 4.47. The zero-order valence-corrected chi connectivity index (χ0v) is 14.6. The Morgan fingerprint density at radius 2 is 2.00 bits per heavy atom. The summed E-state index contributed by atoms with van der Waals surface area (Å²) >= 11 is 6.23. The van der Waals surface area contributed by atoms with Gasteiger partial charge >= 0.3 is 0 Å². The summed E-state index contributed by atoms with van der Waals surface area (Å²) < 4.78 is 5.77. The van der Waals surface area contributed by atoms with E-state index in [1.54, 1.807) is 17.0 Å². The van der Waals surface area contributed by atoms with Crippen molar-refractivity contribution in [2.75, 3.05) is 4.90 Å². The summed E-state index contributed by atoms with van der Waals surface area (Å²) in [4.78, 5) is 25.0. The number of hydrogen-bond acceptors (Lipinski definition) is 4. The van der Waals surface area contributed by atoms with Crippen LogP contribution in [0.25, 0.3) is 0 Å². The highest BCUT2D eigenvalue weighted by Gasteiger charge is 2.37. The van der Waals surface area contributed by atoms with E-state index in [9.17, 15) is 14.9 Å². The van der Waals surface area contributed by atoms with Crippen LogP contribution in [-0.4, -0.2) is 16.9 Å². The van der Waals surface area contributed by atoms with Gasteiger partial charge in [0.2, 0.25) is 0 Å². The van der Waals surface area contributed by atoms with Gasteiger partial charge in [-0.25, -0.2) is 0 Å². The zero-order valence-electron chi connectivity index (χ0n) is 13.8. The van der Waals surface area contributed by atoms with Crippen molar-refractivity contribution in [2.24, 2.45) is 5.92 Å². The molecule has 6 nitrogen and oxygen atoms in total. The maximum atomic E-state index is 12.9. The van der Waals surface area contributed by atoms with Gasteiger partial charge in [-0.15, -0.1) is 0 Å². The monoisotopic (exact) mass is 360 g/mol. The molecule has 0 aromatic heterocycles. The fourth-order valence-corrected chi connectivity index (χ4v) is 2.97. The van der Waals surface area contributed by atoms with Crippen molar-refractivity contribution >= 4 is 28.9 Å². The van der Waals surface area contributed by atoms with E-state index in [1.807, 2.05) is 32.0 Å². The summed E-state index contributed by atoms with van der Waals surface area (Å²) in [5.74, 6) is 0.0736. The van der Waals surface area contributed by atoms with Gasteiger partial charge in [0.15, 0.2) is 11.9 Å². The maximum absolute atomic E-state index is 12.9. The van der Waals surface area contributed by atoms with E-state index in [0.29, 0.717) is 16.5 Å². The molecule has 1 heterocycles. The highest BCUT2D eigenvalue weighted by molar-refractivity contribution is 6.31. The SMILES string of the molecule is CC(C)C1Oc2cc([N+](=O)[O-])ccc2N(Cc2ccccc2Cl)C1=O. The van der Waals surface area contributed by atoms with Crippen LogP contribution in [0, 0.1) is 16.0 Å². The molecular weight excluding hydrogens is 344 g/mol. The van der Waals surface area contributed by atoms with E-state index in [-0.39, 0.29) is 24.1 Å². The van der Waals surface area contributed by atoms with Crippen LogP contribution in [0.15, 0.2) is 42.5 Å². The molecule has 7 heteroatoms. The standard InChI is InChI=1S/C18H17ClN2O4/c1-11(2)17-18(22)20(10-12-5-3-4-6-14(12)19)15-8-7-13(21(23)24)9-16(15)25-17/h3-9,11,17H,10H2,1-2H3. The molecule has 1 aliphatic rings. The van der Waals surface area contributed by atoms with Crippen molar-refractivity contribution in [2.45, 2.75) is 26.5 Å². The quantitative estimate of drug-likeness (QED) is 0.605. The molecule has 2 aromatic carbocycles. The van der Waals surface area contributed by atoms with Crippen molar-refractivity contribution in [3.05, 3.63) is 63.2 Å². The molecule has 1 atom stereocenters. The fourth-order valence-electron chi connectivity index (χ4n) is 2.77. The van der Waals surface area contributed by atoms with Crippen molar-refractivity contribution in [3.63, 3.8) is 0 Å². The molecule has 0 spiro atoms. The number of nitrogens with zero attached hydrogens (tertiary/aromatic N) is 2. The molecule has 0 saturated carbocycles. The van der Waals surface area contributed by atoms with Gasteiger partial charge in [0.25, 0.3) is 11.6 Å². The zero-order chi connectivity index (χ0) is 18.1. The summed E-state index contributed by atoms with van der Waals surface area (Å²) in [6, 6.07) is 11.5. The molecule has 2 aromatic rings. The number of fused-ring (bicyclic) bond motifs is 1. The van der Waals surface area contributed by atoms with Crippen molar-refractivity contribution in [1.82, 2.24) is 0 Å². The van der Waals surface area contributed by atoms with Gasteiger partial charge in [-0.1, -0.05) is 43.6 Å². The summed E-state index contributed by atoms with van der Waals surface area (Å²) in [5, 5.41) is 11.6. The molecule has 0 saturated heterocycles. The number of benzene rings is 2. The minimum Gasteiger partial charge on any atom is -0.478 e. The third kappa shape index (κ3) is 3.30. The van der Waals surface area contributed by atoms with Crippen LogP contribution < -0.4 is 9.64 Å². The van der Waals surface area contributed by atoms with Crippen molar-refractivity contribution in [1.29, 1.82) is 0 Å². The van der Waals surface area contributed by atoms with Crippen LogP contribution in [0.3, 0.4) is 0 Å². The number of nitro benzene ring substituents is 1. The average molecular weight is 361 g/mol. The van der Waals surface area contributed by atoms with Crippen molar-refractivity contribution in [3.8, 4) is 5.75 Å². The predicted octanol–water partition coefficient (Wildman–Crippen LogP) is 4.20. The second-order valence-corrected chi connectivity index (χ2v) is 6.61. The minimum absolute atomic E-state index is 0.0753. The van der Waals surface area contributed by atoms with E-state index in [0.717, 1.165) is 5.56 Å². The third-order valence-electron chi connectivity index (χ3n) is 4.10. The predicted molar refractivity (Wildman–Crippen MR) is 95.0 cm³/mol. The second kappa shape index (κ2) is 6.72. The lowest BCUT2D eigenvalue weighted by molar-refractivity contribution is -0.384. The molecule has 0 N–H and O–H groups in total. The van der Waals surface area contributed by atoms with Gasteiger partial charge in [-0.2, -0.15) is 0 Å². The normalized spacial score (nSPS) is 16.6. The molecule has 3 rings (SSSR count). The first-order valence-corrected chi connectivity index (χ1v) is 8.26. The highest BCUT2D eigenvalue weighted by Crippen LogP contribution is 2.39. The lowest BCUT2D eigenvalue weighted by Crippen LogP contribution is -2.48. The van der Waals surface area contributed by atoms with E-state index in [2.05, 4.69) is 0 Å². The van der Waals surface area contributed by atoms with Crippen LogP contribution in [0.4, 0.5) is 11.4 Å². The Morgan fingerprint density at radius 3 is 2.64 bits per heavy atom. The molecular formula is C18H17ClN2O4. The fraction of sp³-hybridized carbons (Fsp3) is 0.278. The molecule has 130 valence electrons. The number of nitro groups is 1. The molecule has 0 bridgehead atoms. The summed E-state index contributed by atoms with van der Waals surface area (Å²) in [5.41, 5.74) is 1.23. The summed E-state index contributed by atoms with van der Waals surface area (Å²) in [6.45, 7) is 4.02. The van der Waals surface area contributed by atoms with Crippen LogP contribution in [-0.2, 0) is 11.3 Å². The first-order chi connectivity index (χ1) is 11.9. The number of halogens is 1. The summed E-state index contributed by atoms with van der Waals surface area (Å²) in [6.07, 6.45) is -0.697.